The van der Waals surface area contributed by atoms with Crippen LogP contribution in [-0.2, 0) is 9.84 Å². The summed E-state index contributed by atoms with van der Waals surface area (Å²) >= 11 is 0. The van der Waals surface area contributed by atoms with Gasteiger partial charge in [-0.2, -0.15) is 0 Å². The largest absolute Gasteiger partial charge is 0.361 e. The van der Waals surface area contributed by atoms with E-state index in [1.807, 2.05) is 30.5 Å². The summed E-state index contributed by atoms with van der Waals surface area (Å²) in [4.78, 5) is 3.41. The number of aromatic nitrogens is 1. The number of fused-ring (bicyclic) bond motifs is 1. The van der Waals surface area contributed by atoms with Gasteiger partial charge in [0.1, 0.15) is 0 Å². The van der Waals surface area contributed by atoms with Crippen molar-refractivity contribution in [2.75, 3.05) is 0 Å². The third-order valence-electron chi connectivity index (χ3n) is 3.09. The van der Waals surface area contributed by atoms with Crippen molar-refractivity contribution in [3.63, 3.8) is 0 Å². The number of nitrogens with one attached hydrogen (secondary N) is 1. The van der Waals surface area contributed by atoms with Gasteiger partial charge in [-0.05, 0) is 47.4 Å². The predicted molar refractivity (Wildman–Crippen MR) is 81.0 cm³/mol. The van der Waals surface area contributed by atoms with Crippen molar-refractivity contribution in [2.45, 2.75) is 4.90 Å². The lowest BCUT2D eigenvalue weighted by molar-refractivity contribution is 0.605. The Labute approximate surface area is 117 Å². The standard InChI is InChI=1S/C16H13NO2S/c18-20(19,15-4-2-1-3-5-15)11-9-13-6-7-16-14(12-13)8-10-17-16/h1-12,17H/b11-9+. The fourth-order valence-corrected chi connectivity index (χ4v) is 3.06. The van der Waals surface area contributed by atoms with Gasteiger partial charge in [-0.1, -0.05) is 24.3 Å². The monoisotopic (exact) mass is 283 g/mol. The van der Waals surface area contributed by atoms with Crippen LogP contribution in [-0.4, -0.2) is 13.4 Å². The summed E-state index contributed by atoms with van der Waals surface area (Å²) in [7, 11) is -3.39. The summed E-state index contributed by atoms with van der Waals surface area (Å²) in [6.07, 6.45) is 3.48. The van der Waals surface area contributed by atoms with Crippen LogP contribution < -0.4 is 0 Å². The van der Waals surface area contributed by atoms with E-state index in [-0.39, 0.29) is 0 Å². The highest BCUT2D eigenvalue weighted by molar-refractivity contribution is 7.94. The SMILES string of the molecule is O=S(=O)(/C=C/c1ccc2[nH]ccc2c1)c1ccccc1. The average Bonchev–Trinajstić information content (AvgIpc) is 2.94. The highest BCUT2D eigenvalue weighted by Crippen LogP contribution is 2.17. The Morgan fingerprint density at radius 2 is 1.75 bits per heavy atom. The second kappa shape index (κ2) is 4.98. The normalized spacial score (nSPS) is 12.2. The van der Waals surface area contributed by atoms with E-state index in [1.165, 1.54) is 5.41 Å². The van der Waals surface area contributed by atoms with E-state index in [0.29, 0.717) is 4.90 Å². The molecular formula is C16H13NO2S. The number of aromatic amines is 1. The molecule has 1 heterocycles. The summed E-state index contributed by atoms with van der Waals surface area (Å²) < 4.78 is 24.3. The first-order chi connectivity index (χ1) is 9.65. The molecule has 0 spiro atoms. The molecule has 0 aliphatic heterocycles. The van der Waals surface area contributed by atoms with Crippen molar-refractivity contribution in [1.82, 2.24) is 4.98 Å². The van der Waals surface area contributed by atoms with Crippen LogP contribution in [0.1, 0.15) is 5.56 Å². The van der Waals surface area contributed by atoms with Crippen molar-refractivity contribution in [3.05, 3.63) is 71.8 Å². The van der Waals surface area contributed by atoms with E-state index in [9.17, 15) is 8.42 Å². The zero-order valence-electron chi connectivity index (χ0n) is 10.7. The predicted octanol–water partition coefficient (Wildman–Crippen LogP) is 3.61. The van der Waals surface area contributed by atoms with E-state index in [0.717, 1.165) is 16.5 Å². The summed E-state index contributed by atoms with van der Waals surface area (Å²) in [5.41, 5.74) is 1.89. The molecular weight excluding hydrogens is 270 g/mol. The van der Waals surface area contributed by atoms with Crippen LogP contribution in [0, 0.1) is 0 Å². The Balaban J connectivity index is 1.93. The lowest BCUT2D eigenvalue weighted by atomic mass is 10.1. The van der Waals surface area contributed by atoms with Crippen LogP contribution in [0.25, 0.3) is 17.0 Å². The first-order valence-electron chi connectivity index (χ1n) is 6.20. The van der Waals surface area contributed by atoms with E-state index in [2.05, 4.69) is 4.98 Å². The number of hydrogen-bond acceptors (Lipinski definition) is 2. The number of benzene rings is 2. The van der Waals surface area contributed by atoms with E-state index in [1.54, 1.807) is 36.4 Å². The maximum atomic E-state index is 12.1. The van der Waals surface area contributed by atoms with Crippen LogP contribution in [0.3, 0.4) is 0 Å². The Morgan fingerprint density at radius 3 is 2.55 bits per heavy atom. The van der Waals surface area contributed by atoms with E-state index < -0.39 is 9.84 Å². The third kappa shape index (κ3) is 2.51. The molecule has 1 aromatic heterocycles. The van der Waals surface area contributed by atoms with Crippen LogP contribution in [0.15, 0.2) is 71.1 Å². The summed E-state index contributed by atoms with van der Waals surface area (Å²) in [6.45, 7) is 0. The molecule has 0 aliphatic carbocycles. The molecule has 4 heteroatoms. The van der Waals surface area contributed by atoms with Gasteiger partial charge >= 0.3 is 0 Å². The minimum absolute atomic E-state index is 0.305. The van der Waals surface area contributed by atoms with Crippen molar-refractivity contribution >= 4 is 26.8 Å². The van der Waals surface area contributed by atoms with Gasteiger partial charge < -0.3 is 4.98 Å². The fraction of sp³-hybridized carbons (Fsp3) is 0. The molecule has 0 saturated carbocycles. The first kappa shape index (κ1) is 12.7. The van der Waals surface area contributed by atoms with Gasteiger partial charge in [-0.3, -0.25) is 0 Å². The molecule has 2 aromatic carbocycles. The van der Waals surface area contributed by atoms with Crippen LogP contribution in [0.5, 0.6) is 0 Å². The van der Waals surface area contributed by atoms with Crippen molar-refractivity contribution in [2.24, 2.45) is 0 Å². The maximum absolute atomic E-state index is 12.1. The molecule has 100 valence electrons. The highest BCUT2D eigenvalue weighted by atomic mass is 32.2. The van der Waals surface area contributed by atoms with Gasteiger partial charge in [0.15, 0.2) is 9.84 Å². The Morgan fingerprint density at radius 1 is 0.950 bits per heavy atom. The van der Waals surface area contributed by atoms with Crippen LogP contribution in [0.2, 0.25) is 0 Å². The molecule has 0 unspecified atom stereocenters. The number of H-pyrrole nitrogens is 1. The fourth-order valence-electron chi connectivity index (χ4n) is 2.03. The number of rotatable bonds is 3. The molecule has 0 aliphatic rings. The highest BCUT2D eigenvalue weighted by Gasteiger charge is 2.08. The van der Waals surface area contributed by atoms with Gasteiger partial charge in [-0.25, -0.2) is 8.42 Å². The second-order valence-corrected chi connectivity index (χ2v) is 6.32. The van der Waals surface area contributed by atoms with Gasteiger partial charge in [0.05, 0.1) is 4.90 Å². The molecule has 20 heavy (non-hydrogen) atoms. The summed E-state index contributed by atoms with van der Waals surface area (Å²) in [5.74, 6) is 0. The molecule has 0 atom stereocenters. The van der Waals surface area contributed by atoms with Crippen molar-refractivity contribution in [1.29, 1.82) is 0 Å². The molecule has 3 rings (SSSR count). The van der Waals surface area contributed by atoms with Gasteiger partial charge in [-0.15, -0.1) is 0 Å². The van der Waals surface area contributed by atoms with Gasteiger partial charge in [0, 0.05) is 17.1 Å². The third-order valence-corrected chi connectivity index (χ3v) is 4.51. The van der Waals surface area contributed by atoms with E-state index >= 15 is 0 Å². The minimum atomic E-state index is -3.39. The van der Waals surface area contributed by atoms with Crippen molar-refractivity contribution in [3.8, 4) is 0 Å². The zero-order chi connectivity index (χ0) is 14.0. The minimum Gasteiger partial charge on any atom is -0.361 e. The molecule has 0 saturated heterocycles. The average molecular weight is 283 g/mol. The maximum Gasteiger partial charge on any atom is 0.199 e. The molecule has 3 aromatic rings. The Bertz CT molecular complexity index is 862. The Kier molecular flexibility index (Phi) is 3.16. The van der Waals surface area contributed by atoms with Crippen molar-refractivity contribution < 1.29 is 8.42 Å². The number of hydrogen-bond donors (Lipinski definition) is 1. The number of sulfone groups is 1. The summed E-state index contributed by atoms with van der Waals surface area (Å²) in [6, 6.07) is 16.1. The zero-order valence-corrected chi connectivity index (χ0v) is 11.5. The van der Waals surface area contributed by atoms with Crippen LogP contribution >= 0.6 is 0 Å². The van der Waals surface area contributed by atoms with E-state index in [4.69, 9.17) is 0 Å². The smallest absolute Gasteiger partial charge is 0.199 e. The Hall–Kier alpha value is -2.33. The molecule has 1 N–H and O–H groups in total. The first-order valence-corrected chi connectivity index (χ1v) is 7.75. The second-order valence-electron chi connectivity index (χ2n) is 4.49. The quantitative estimate of drug-likeness (QED) is 0.798. The molecule has 3 nitrogen and oxygen atoms in total. The molecule has 0 fully saturated rings. The molecule has 0 amide bonds. The lowest BCUT2D eigenvalue weighted by Crippen LogP contribution is -1.95. The molecule has 0 bridgehead atoms. The molecule has 0 radical (unpaired) electrons. The van der Waals surface area contributed by atoms with Gasteiger partial charge in [0.25, 0.3) is 0 Å². The topological polar surface area (TPSA) is 49.9 Å². The summed E-state index contributed by atoms with van der Waals surface area (Å²) in [5, 5.41) is 2.31. The lowest BCUT2D eigenvalue weighted by Gasteiger charge is -1.98. The van der Waals surface area contributed by atoms with Crippen LogP contribution in [0.4, 0.5) is 0 Å². The van der Waals surface area contributed by atoms with Gasteiger partial charge in [0.2, 0.25) is 0 Å².